The third-order valence-corrected chi connectivity index (χ3v) is 3.12. The van der Waals surface area contributed by atoms with Crippen molar-refractivity contribution in [2.24, 2.45) is 5.92 Å². The largest absolute Gasteiger partial charge is 0.481 e. The lowest BCUT2D eigenvalue weighted by atomic mass is 9.93. The van der Waals surface area contributed by atoms with Crippen LogP contribution in [0.5, 0.6) is 0 Å². The van der Waals surface area contributed by atoms with Gasteiger partial charge in [0.25, 0.3) is 0 Å². The molecule has 1 unspecified atom stereocenters. The molecule has 1 aromatic heterocycles. The number of carbonyl (C=O) groups is 1. The number of aryl methyl sites for hydroxylation is 1. The second-order valence-corrected chi connectivity index (χ2v) is 5.20. The molecular weight excluding hydrogens is 240 g/mol. The Kier molecular flexibility index (Phi) is 3.79. The fourth-order valence-corrected chi connectivity index (χ4v) is 2.23. The molecule has 19 heavy (non-hydrogen) atoms. The minimum absolute atomic E-state index is 0.300. The van der Waals surface area contributed by atoms with Crippen molar-refractivity contribution in [3.8, 4) is 0 Å². The van der Waals surface area contributed by atoms with E-state index in [0.29, 0.717) is 23.7 Å². The average Bonchev–Trinajstić information content (AvgIpc) is 2.35. The van der Waals surface area contributed by atoms with Gasteiger partial charge >= 0.3 is 5.97 Å². The van der Waals surface area contributed by atoms with Crippen molar-refractivity contribution in [1.82, 2.24) is 9.97 Å². The number of carboxylic acids is 1. The zero-order valence-corrected chi connectivity index (χ0v) is 11.4. The van der Waals surface area contributed by atoms with Gasteiger partial charge in [-0.05, 0) is 31.4 Å². The highest BCUT2D eigenvalue weighted by molar-refractivity contribution is 5.79. The van der Waals surface area contributed by atoms with Crippen molar-refractivity contribution in [3.05, 3.63) is 35.7 Å². The first-order valence-electron chi connectivity index (χ1n) is 6.45. The molecule has 0 aliphatic rings. The highest BCUT2D eigenvalue weighted by atomic mass is 16.4. The van der Waals surface area contributed by atoms with Crippen LogP contribution in [0, 0.1) is 12.8 Å². The molecule has 0 radical (unpaired) electrons. The van der Waals surface area contributed by atoms with Gasteiger partial charge in [0.15, 0.2) is 0 Å². The van der Waals surface area contributed by atoms with Gasteiger partial charge in [-0.3, -0.25) is 4.79 Å². The van der Waals surface area contributed by atoms with E-state index in [-0.39, 0.29) is 0 Å². The Morgan fingerprint density at radius 3 is 2.32 bits per heavy atom. The molecule has 0 bridgehead atoms. The summed E-state index contributed by atoms with van der Waals surface area (Å²) < 4.78 is 0. The SMILES string of the molecule is Cc1nc2ccccc2nc1C(CC(C)C)C(=O)O. The Labute approximate surface area is 112 Å². The van der Waals surface area contributed by atoms with Crippen LogP contribution in [-0.2, 0) is 4.79 Å². The second-order valence-electron chi connectivity index (χ2n) is 5.20. The van der Waals surface area contributed by atoms with Gasteiger partial charge in [0.2, 0.25) is 0 Å². The van der Waals surface area contributed by atoms with Crippen molar-refractivity contribution >= 4 is 17.0 Å². The van der Waals surface area contributed by atoms with E-state index in [1.54, 1.807) is 0 Å². The molecule has 0 saturated heterocycles. The van der Waals surface area contributed by atoms with E-state index in [2.05, 4.69) is 9.97 Å². The molecule has 0 amide bonds. The maximum absolute atomic E-state index is 11.5. The van der Waals surface area contributed by atoms with Crippen LogP contribution in [0.25, 0.3) is 11.0 Å². The van der Waals surface area contributed by atoms with Crippen molar-refractivity contribution in [2.75, 3.05) is 0 Å². The van der Waals surface area contributed by atoms with E-state index in [0.717, 1.165) is 11.0 Å². The topological polar surface area (TPSA) is 63.1 Å². The molecule has 2 aromatic rings. The number of para-hydroxylation sites is 2. The summed E-state index contributed by atoms with van der Waals surface area (Å²) in [6, 6.07) is 7.53. The van der Waals surface area contributed by atoms with Crippen LogP contribution in [-0.4, -0.2) is 21.0 Å². The Morgan fingerprint density at radius 2 is 1.79 bits per heavy atom. The summed E-state index contributed by atoms with van der Waals surface area (Å²) >= 11 is 0. The molecule has 0 fully saturated rings. The number of hydrogen-bond acceptors (Lipinski definition) is 3. The zero-order valence-electron chi connectivity index (χ0n) is 11.4. The summed E-state index contributed by atoms with van der Waals surface area (Å²) in [5, 5.41) is 9.40. The Hall–Kier alpha value is -1.97. The van der Waals surface area contributed by atoms with Gasteiger partial charge in [0, 0.05) is 0 Å². The molecular formula is C15H18N2O2. The first-order valence-corrected chi connectivity index (χ1v) is 6.45. The zero-order chi connectivity index (χ0) is 14.0. The molecule has 1 aromatic carbocycles. The van der Waals surface area contributed by atoms with Crippen molar-refractivity contribution in [2.45, 2.75) is 33.1 Å². The average molecular weight is 258 g/mol. The number of hydrogen-bond donors (Lipinski definition) is 1. The van der Waals surface area contributed by atoms with Gasteiger partial charge in [-0.25, -0.2) is 9.97 Å². The highest BCUT2D eigenvalue weighted by Gasteiger charge is 2.25. The van der Waals surface area contributed by atoms with E-state index >= 15 is 0 Å². The Bertz CT molecular complexity index is 608. The van der Waals surface area contributed by atoms with Crippen LogP contribution >= 0.6 is 0 Å². The standard InChI is InChI=1S/C15H18N2O2/c1-9(2)8-11(15(18)19)14-10(3)16-12-6-4-5-7-13(12)17-14/h4-7,9,11H,8H2,1-3H3,(H,18,19). The van der Waals surface area contributed by atoms with E-state index in [9.17, 15) is 9.90 Å². The van der Waals surface area contributed by atoms with E-state index in [1.165, 1.54) is 0 Å². The van der Waals surface area contributed by atoms with Crippen LogP contribution in [0.4, 0.5) is 0 Å². The van der Waals surface area contributed by atoms with Crippen molar-refractivity contribution in [1.29, 1.82) is 0 Å². The summed E-state index contributed by atoms with van der Waals surface area (Å²) in [5.41, 5.74) is 2.84. The molecule has 1 atom stereocenters. The monoisotopic (exact) mass is 258 g/mol. The van der Waals surface area contributed by atoms with Crippen LogP contribution in [0.2, 0.25) is 0 Å². The molecule has 2 rings (SSSR count). The molecule has 0 spiro atoms. The molecule has 100 valence electrons. The predicted molar refractivity (Wildman–Crippen MR) is 74.1 cm³/mol. The van der Waals surface area contributed by atoms with Gasteiger partial charge in [-0.15, -0.1) is 0 Å². The molecule has 1 heterocycles. The quantitative estimate of drug-likeness (QED) is 0.915. The van der Waals surface area contributed by atoms with Crippen LogP contribution in [0.1, 0.15) is 37.6 Å². The van der Waals surface area contributed by atoms with Crippen LogP contribution in [0.15, 0.2) is 24.3 Å². The number of fused-ring (bicyclic) bond motifs is 1. The summed E-state index contributed by atoms with van der Waals surface area (Å²) in [6.45, 7) is 5.85. The first-order chi connectivity index (χ1) is 8.99. The van der Waals surface area contributed by atoms with Gasteiger partial charge in [0.1, 0.15) is 5.92 Å². The minimum atomic E-state index is -0.832. The molecule has 4 heteroatoms. The van der Waals surface area contributed by atoms with Gasteiger partial charge in [-0.2, -0.15) is 0 Å². The third kappa shape index (κ3) is 2.89. The molecule has 0 aliphatic carbocycles. The summed E-state index contributed by atoms with van der Waals surface area (Å²) in [5.74, 6) is -1.12. The predicted octanol–water partition coefficient (Wildman–Crippen LogP) is 3.15. The number of carboxylic acid groups (broad SMARTS) is 1. The molecule has 1 N–H and O–H groups in total. The lowest BCUT2D eigenvalue weighted by Crippen LogP contribution is -2.17. The summed E-state index contributed by atoms with van der Waals surface area (Å²) in [6.07, 6.45) is 0.573. The van der Waals surface area contributed by atoms with Crippen LogP contribution < -0.4 is 0 Å². The number of benzene rings is 1. The van der Waals surface area contributed by atoms with Crippen LogP contribution in [0.3, 0.4) is 0 Å². The lowest BCUT2D eigenvalue weighted by molar-refractivity contribution is -0.139. The van der Waals surface area contributed by atoms with Gasteiger partial charge in [0.05, 0.1) is 22.4 Å². The lowest BCUT2D eigenvalue weighted by Gasteiger charge is -2.16. The van der Waals surface area contributed by atoms with E-state index < -0.39 is 11.9 Å². The Balaban J connectivity index is 2.52. The molecule has 0 aliphatic heterocycles. The number of aromatic nitrogens is 2. The fourth-order valence-electron chi connectivity index (χ4n) is 2.23. The fraction of sp³-hybridized carbons (Fsp3) is 0.400. The van der Waals surface area contributed by atoms with E-state index in [1.807, 2.05) is 45.0 Å². The highest BCUT2D eigenvalue weighted by Crippen LogP contribution is 2.26. The number of rotatable bonds is 4. The third-order valence-electron chi connectivity index (χ3n) is 3.12. The normalized spacial score (nSPS) is 12.8. The maximum Gasteiger partial charge on any atom is 0.312 e. The second kappa shape index (κ2) is 5.34. The molecule has 4 nitrogen and oxygen atoms in total. The Morgan fingerprint density at radius 1 is 1.21 bits per heavy atom. The first kappa shape index (κ1) is 13.5. The maximum atomic E-state index is 11.5. The van der Waals surface area contributed by atoms with E-state index in [4.69, 9.17) is 0 Å². The smallest absolute Gasteiger partial charge is 0.312 e. The minimum Gasteiger partial charge on any atom is -0.481 e. The number of nitrogens with zero attached hydrogens (tertiary/aromatic N) is 2. The summed E-state index contributed by atoms with van der Waals surface area (Å²) in [4.78, 5) is 20.4. The van der Waals surface area contributed by atoms with Crippen molar-refractivity contribution in [3.63, 3.8) is 0 Å². The van der Waals surface area contributed by atoms with Gasteiger partial charge in [-0.1, -0.05) is 26.0 Å². The summed E-state index contributed by atoms with van der Waals surface area (Å²) in [7, 11) is 0. The van der Waals surface area contributed by atoms with Gasteiger partial charge < -0.3 is 5.11 Å². The molecule has 0 saturated carbocycles. The number of aliphatic carboxylic acids is 1. The van der Waals surface area contributed by atoms with Crippen molar-refractivity contribution < 1.29 is 9.90 Å².